The van der Waals surface area contributed by atoms with Crippen LogP contribution in [0.25, 0.3) is 0 Å². The van der Waals surface area contributed by atoms with E-state index >= 15 is 0 Å². The molecule has 1 heterocycles. The van der Waals surface area contributed by atoms with Gasteiger partial charge in [0.05, 0.1) is 0 Å². The van der Waals surface area contributed by atoms with E-state index in [1.165, 1.54) is 0 Å². The Bertz CT molecular complexity index is 1050. The summed E-state index contributed by atoms with van der Waals surface area (Å²) in [5.74, 6) is -6.99. The third-order valence-corrected chi connectivity index (χ3v) is 6.42. The van der Waals surface area contributed by atoms with Gasteiger partial charge in [0, 0.05) is 34.7 Å². The van der Waals surface area contributed by atoms with Crippen molar-refractivity contribution < 1.29 is 30.3 Å². The van der Waals surface area contributed by atoms with Gasteiger partial charge in [0.1, 0.15) is 6.10 Å². The van der Waals surface area contributed by atoms with Crippen LogP contribution in [-0.2, 0) is 6.54 Å². The zero-order valence-corrected chi connectivity index (χ0v) is 20.3. The number of urea groups is 1. The SMILES string of the molecule is CCCC(O)C(O)(O)C(O)(O)NC(=O)Nc1cccc(C2CN(C)Cc3c(Cl)cc(Cl)cc32)c1. The number of nitrogens with zero attached hydrogens (tertiary/aromatic N) is 1. The molecule has 0 radical (unpaired) electrons. The second-order valence-electron chi connectivity index (χ2n) is 8.61. The van der Waals surface area contributed by atoms with Gasteiger partial charge in [0.15, 0.2) is 0 Å². The van der Waals surface area contributed by atoms with Crippen LogP contribution in [-0.4, -0.2) is 67.9 Å². The first-order valence-corrected chi connectivity index (χ1v) is 11.5. The van der Waals surface area contributed by atoms with Crippen molar-refractivity contribution in [3.05, 3.63) is 63.1 Å². The van der Waals surface area contributed by atoms with Crippen molar-refractivity contribution in [2.75, 3.05) is 18.9 Å². The molecule has 186 valence electrons. The summed E-state index contributed by atoms with van der Waals surface area (Å²) < 4.78 is 0. The van der Waals surface area contributed by atoms with E-state index < -0.39 is 23.8 Å². The number of likely N-dealkylation sites (N-methyl/N-ethyl adjacent to an activating group) is 1. The van der Waals surface area contributed by atoms with Crippen LogP contribution in [0.2, 0.25) is 10.0 Å². The molecule has 0 fully saturated rings. The van der Waals surface area contributed by atoms with E-state index in [9.17, 15) is 30.3 Å². The highest BCUT2D eigenvalue weighted by Crippen LogP contribution is 2.38. The van der Waals surface area contributed by atoms with Crippen LogP contribution in [0.3, 0.4) is 0 Å². The number of hydrogen-bond acceptors (Lipinski definition) is 7. The molecular weight excluding hydrogens is 485 g/mol. The van der Waals surface area contributed by atoms with Crippen LogP contribution in [0.15, 0.2) is 36.4 Å². The number of anilines is 1. The first kappa shape index (κ1) is 26.7. The average molecular weight is 514 g/mol. The number of nitrogens with one attached hydrogen (secondary N) is 2. The van der Waals surface area contributed by atoms with Crippen molar-refractivity contribution in [1.82, 2.24) is 10.2 Å². The Kier molecular flexibility index (Phi) is 8.11. The van der Waals surface area contributed by atoms with Crippen LogP contribution < -0.4 is 10.6 Å². The minimum absolute atomic E-state index is 0.0868. The van der Waals surface area contributed by atoms with Crippen LogP contribution in [0.5, 0.6) is 0 Å². The molecule has 0 aliphatic carbocycles. The van der Waals surface area contributed by atoms with Gasteiger partial charge in [-0.3, -0.25) is 5.32 Å². The van der Waals surface area contributed by atoms with Gasteiger partial charge in [-0.05, 0) is 54.4 Å². The van der Waals surface area contributed by atoms with E-state index in [2.05, 4.69) is 10.2 Å². The van der Waals surface area contributed by atoms with Gasteiger partial charge in [-0.2, -0.15) is 0 Å². The molecule has 2 unspecified atom stereocenters. The van der Waals surface area contributed by atoms with Crippen LogP contribution in [0.1, 0.15) is 42.4 Å². The molecule has 34 heavy (non-hydrogen) atoms. The van der Waals surface area contributed by atoms with E-state index in [-0.39, 0.29) is 12.3 Å². The van der Waals surface area contributed by atoms with Crippen LogP contribution in [0, 0.1) is 0 Å². The number of benzene rings is 2. The van der Waals surface area contributed by atoms with Gasteiger partial charge in [-0.25, -0.2) is 4.79 Å². The Hall–Kier alpha value is -1.95. The van der Waals surface area contributed by atoms with E-state index in [1.54, 1.807) is 36.5 Å². The van der Waals surface area contributed by atoms with E-state index in [1.807, 2.05) is 19.2 Å². The molecule has 0 saturated carbocycles. The van der Waals surface area contributed by atoms with Crippen molar-refractivity contribution in [3.8, 4) is 0 Å². The molecule has 2 aromatic carbocycles. The number of halogens is 2. The third-order valence-electron chi connectivity index (χ3n) is 5.87. The van der Waals surface area contributed by atoms with E-state index in [4.69, 9.17) is 23.2 Å². The molecule has 9 nitrogen and oxygen atoms in total. The molecule has 0 spiro atoms. The number of rotatable bonds is 7. The Labute approximate surface area is 207 Å². The highest BCUT2D eigenvalue weighted by Gasteiger charge is 2.53. The average Bonchev–Trinajstić information content (AvgIpc) is 2.73. The first-order valence-electron chi connectivity index (χ1n) is 10.8. The minimum atomic E-state index is -3.51. The lowest BCUT2D eigenvalue weighted by Crippen LogP contribution is -2.69. The molecule has 0 bridgehead atoms. The smallest absolute Gasteiger partial charge is 0.323 e. The topological polar surface area (TPSA) is 146 Å². The maximum atomic E-state index is 12.4. The fraction of sp³-hybridized carbons (Fsp3) is 0.435. The van der Waals surface area contributed by atoms with Gasteiger partial charge < -0.3 is 35.7 Å². The molecular formula is C23H29Cl2N3O6. The Morgan fingerprint density at radius 3 is 2.59 bits per heavy atom. The third kappa shape index (κ3) is 5.64. The lowest BCUT2D eigenvalue weighted by atomic mass is 9.84. The molecule has 0 aromatic heterocycles. The zero-order chi connectivity index (χ0) is 25.3. The Morgan fingerprint density at radius 2 is 1.91 bits per heavy atom. The number of aliphatic hydroxyl groups excluding tert-OH is 1. The predicted molar refractivity (Wildman–Crippen MR) is 128 cm³/mol. The fourth-order valence-electron chi connectivity index (χ4n) is 4.08. The first-order chi connectivity index (χ1) is 15.9. The van der Waals surface area contributed by atoms with Gasteiger partial charge in [-0.1, -0.05) is 48.7 Å². The van der Waals surface area contributed by atoms with Gasteiger partial charge >= 0.3 is 11.9 Å². The maximum Gasteiger partial charge on any atom is 0.323 e. The number of aliphatic hydroxyl groups is 5. The minimum Gasteiger partial charge on any atom is -0.387 e. The largest absolute Gasteiger partial charge is 0.387 e. The summed E-state index contributed by atoms with van der Waals surface area (Å²) in [5.41, 5.74) is 3.14. The molecule has 3 rings (SSSR count). The number of hydrogen-bond donors (Lipinski definition) is 7. The summed E-state index contributed by atoms with van der Waals surface area (Å²) in [6, 6.07) is 9.39. The van der Waals surface area contributed by atoms with Crippen molar-refractivity contribution in [1.29, 1.82) is 0 Å². The molecule has 2 aromatic rings. The Balaban J connectivity index is 1.80. The standard InChI is InChI=1S/C23H29Cl2N3O6/c1-3-5-20(29)22(31,32)23(33,34)27-21(30)26-15-7-4-6-13(8-15)17-11-28(2)12-18-16(17)9-14(24)10-19(18)25/h4,6-10,17,20,29,31-34H,3,5,11-12H2,1-2H3,(H2,26,27,30). The Morgan fingerprint density at radius 1 is 1.21 bits per heavy atom. The summed E-state index contributed by atoms with van der Waals surface area (Å²) in [4.78, 5) is 14.5. The molecule has 0 saturated heterocycles. The molecule has 11 heteroatoms. The molecule has 1 aliphatic heterocycles. The monoisotopic (exact) mass is 513 g/mol. The fourth-order valence-corrected chi connectivity index (χ4v) is 4.65. The van der Waals surface area contributed by atoms with E-state index in [0.717, 1.165) is 16.7 Å². The normalized spacial score (nSPS) is 17.7. The van der Waals surface area contributed by atoms with Crippen molar-refractivity contribution in [2.45, 2.75) is 50.0 Å². The molecule has 2 atom stereocenters. The van der Waals surface area contributed by atoms with E-state index in [0.29, 0.717) is 35.2 Å². The number of carbonyl (C=O) groups is 1. The summed E-state index contributed by atoms with van der Waals surface area (Å²) in [6.07, 6.45) is -1.69. The molecule has 1 aliphatic rings. The number of fused-ring (bicyclic) bond motifs is 1. The zero-order valence-electron chi connectivity index (χ0n) is 18.8. The van der Waals surface area contributed by atoms with Crippen molar-refractivity contribution in [3.63, 3.8) is 0 Å². The van der Waals surface area contributed by atoms with Crippen LogP contribution >= 0.6 is 23.2 Å². The quantitative estimate of drug-likeness (QED) is 0.281. The number of carbonyl (C=O) groups excluding carboxylic acids is 1. The van der Waals surface area contributed by atoms with Crippen molar-refractivity contribution in [2.24, 2.45) is 0 Å². The number of amides is 2. The molecule has 2 amide bonds. The summed E-state index contributed by atoms with van der Waals surface area (Å²) in [5, 5.41) is 55.0. The highest BCUT2D eigenvalue weighted by atomic mass is 35.5. The van der Waals surface area contributed by atoms with Crippen LogP contribution in [0.4, 0.5) is 10.5 Å². The lowest BCUT2D eigenvalue weighted by Gasteiger charge is -2.37. The van der Waals surface area contributed by atoms with Crippen molar-refractivity contribution >= 4 is 34.9 Å². The summed E-state index contributed by atoms with van der Waals surface area (Å²) in [6.45, 7) is 3.01. The second-order valence-corrected chi connectivity index (χ2v) is 9.46. The predicted octanol–water partition coefficient (Wildman–Crippen LogP) is 2.17. The van der Waals surface area contributed by atoms with Gasteiger partial charge in [-0.15, -0.1) is 0 Å². The highest BCUT2D eigenvalue weighted by molar-refractivity contribution is 6.35. The van der Waals surface area contributed by atoms with Gasteiger partial charge in [0.25, 0.3) is 5.79 Å². The second kappa shape index (κ2) is 10.3. The maximum absolute atomic E-state index is 12.4. The molecule has 7 N–H and O–H groups in total. The summed E-state index contributed by atoms with van der Waals surface area (Å²) in [7, 11) is 1.97. The van der Waals surface area contributed by atoms with Gasteiger partial charge in [0.2, 0.25) is 0 Å². The lowest BCUT2D eigenvalue weighted by molar-refractivity contribution is -0.391. The summed E-state index contributed by atoms with van der Waals surface area (Å²) >= 11 is 12.7.